The number of pyridine rings is 1. The number of thioether (sulfide) groups is 1. The third kappa shape index (κ3) is 4.40. The number of nitrogens with zero attached hydrogens (tertiary/aromatic N) is 4. The molecule has 26 heavy (non-hydrogen) atoms. The van der Waals surface area contributed by atoms with E-state index in [1.807, 2.05) is 0 Å². The number of rotatable bonds is 5. The van der Waals surface area contributed by atoms with E-state index in [1.54, 1.807) is 31.2 Å². The first-order valence-electron chi connectivity index (χ1n) is 7.66. The van der Waals surface area contributed by atoms with E-state index in [-0.39, 0.29) is 16.2 Å². The van der Waals surface area contributed by atoms with Crippen LogP contribution in [0.2, 0.25) is 0 Å². The maximum Gasteiger partial charge on any atom is 0.406 e. The Morgan fingerprint density at radius 3 is 2.50 bits per heavy atom. The van der Waals surface area contributed by atoms with Crippen molar-refractivity contribution in [2.45, 2.75) is 30.1 Å². The molecule has 2 aromatic heterocycles. The molecular weight excluding hydrogens is 368 g/mol. The summed E-state index contributed by atoms with van der Waals surface area (Å²) in [6.45, 7) is 0.564. The van der Waals surface area contributed by atoms with Crippen molar-refractivity contribution in [3.05, 3.63) is 60.2 Å². The molecule has 0 fully saturated rings. The molecule has 0 bridgehead atoms. The van der Waals surface area contributed by atoms with Crippen LogP contribution in [-0.4, -0.2) is 25.9 Å². The van der Waals surface area contributed by atoms with Crippen molar-refractivity contribution in [2.75, 3.05) is 0 Å². The van der Waals surface area contributed by atoms with E-state index in [4.69, 9.17) is 0 Å². The fraction of sp³-hybridized carbons (Fsp3) is 0.235. The Morgan fingerprint density at radius 1 is 1.12 bits per heavy atom. The molecule has 0 aliphatic carbocycles. The summed E-state index contributed by atoms with van der Waals surface area (Å²) in [5.74, 6) is -0.289. The second-order valence-electron chi connectivity index (χ2n) is 5.56. The third-order valence-corrected chi connectivity index (χ3v) is 4.73. The van der Waals surface area contributed by atoms with Crippen LogP contribution in [0, 0.1) is 5.82 Å². The number of benzene rings is 1. The molecule has 2 heterocycles. The van der Waals surface area contributed by atoms with Crippen LogP contribution in [-0.2, 0) is 6.54 Å². The van der Waals surface area contributed by atoms with Crippen molar-refractivity contribution in [1.82, 2.24) is 19.7 Å². The highest BCUT2D eigenvalue weighted by molar-refractivity contribution is 7.99. The molecule has 0 radical (unpaired) electrons. The predicted molar refractivity (Wildman–Crippen MR) is 90.0 cm³/mol. The Kier molecular flexibility index (Phi) is 5.26. The molecule has 1 atom stereocenters. The van der Waals surface area contributed by atoms with Gasteiger partial charge in [-0.15, -0.1) is 10.2 Å². The van der Waals surface area contributed by atoms with Gasteiger partial charge < -0.3 is 0 Å². The van der Waals surface area contributed by atoms with Gasteiger partial charge in [-0.05, 0) is 36.8 Å². The van der Waals surface area contributed by atoms with Crippen LogP contribution < -0.4 is 0 Å². The lowest BCUT2D eigenvalue weighted by Gasteiger charge is -2.15. The van der Waals surface area contributed by atoms with Crippen LogP contribution in [0.15, 0.2) is 53.9 Å². The van der Waals surface area contributed by atoms with Gasteiger partial charge in [0.05, 0.1) is 0 Å². The predicted octanol–water partition coefficient (Wildman–Crippen LogP) is 4.89. The van der Waals surface area contributed by atoms with E-state index >= 15 is 0 Å². The monoisotopic (exact) mass is 382 g/mol. The zero-order valence-electron chi connectivity index (χ0n) is 13.6. The van der Waals surface area contributed by atoms with Crippen LogP contribution in [0.1, 0.15) is 17.7 Å². The van der Waals surface area contributed by atoms with Crippen molar-refractivity contribution in [3.63, 3.8) is 0 Å². The summed E-state index contributed by atoms with van der Waals surface area (Å²) in [6, 6.07) is 9.09. The summed E-state index contributed by atoms with van der Waals surface area (Å²) in [5.41, 5.74) is 1.14. The first-order chi connectivity index (χ1) is 12.3. The molecule has 0 spiro atoms. The molecule has 0 N–H and O–H groups in total. The minimum absolute atomic E-state index is 0.110. The normalized spacial score (nSPS) is 13.0. The van der Waals surface area contributed by atoms with Gasteiger partial charge >= 0.3 is 6.18 Å². The first kappa shape index (κ1) is 18.4. The average Bonchev–Trinajstić information content (AvgIpc) is 2.96. The largest absolute Gasteiger partial charge is 0.406 e. The third-order valence-electron chi connectivity index (χ3n) is 3.59. The summed E-state index contributed by atoms with van der Waals surface area (Å²) in [6.07, 6.45) is -1.48. The van der Waals surface area contributed by atoms with Gasteiger partial charge in [0.1, 0.15) is 12.4 Å². The molecular formula is C17H14F4N4S. The SMILES string of the molecule is CC(Sc1nnc(-c2ccncc2)n1CC(F)(F)F)c1cccc(F)c1. The molecule has 4 nitrogen and oxygen atoms in total. The zero-order valence-corrected chi connectivity index (χ0v) is 14.4. The number of aromatic nitrogens is 4. The molecule has 1 unspecified atom stereocenters. The summed E-state index contributed by atoms with van der Waals surface area (Å²) in [4.78, 5) is 3.86. The maximum absolute atomic E-state index is 13.4. The number of halogens is 4. The van der Waals surface area contributed by atoms with Crippen molar-refractivity contribution in [1.29, 1.82) is 0 Å². The lowest BCUT2D eigenvalue weighted by atomic mass is 10.2. The maximum atomic E-state index is 13.4. The Bertz CT molecular complexity index is 880. The highest BCUT2D eigenvalue weighted by atomic mass is 32.2. The van der Waals surface area contributed by atoms with Crippen LogP contribution >= 0.6 is 11.8 Å². The zero-order chi connectivity index (χ0) is 18.7. The molecule has 0 amide bonds. The smallest absolute Gasteiger partial charge is 0.293 e. The van der Waals surface area contributed by atoms with Gasteiger partial charge in [0.15, 0.2) is 11.0 Å². The van der Waals surface area contributed by atoms with Crippen LogP contribution in [0.25, 0.3) is 11.4 Å². The second-order valence-corrected chi connectivity index (χ2v) is 6.87. The van der Waals surface area contributed by atoms with Crippen molar-refractivity contribution >= 4 is 11.8 Å². The Labute approximate surface area is 151 Å². The van der Waals surface area contributed by atoms with Gasteiger partial charge in [0, 0.05) is 23.2 Å². The van der Waals surface area contributed by atoms with Crippen molar-refractivity contribution in [2.24, 2.45) is 0 Å². The van der Waals surface area contributed by atoms with E-state index in [0.717, 1.165) is 16.3 Å². The minimum atomic E-state index is -4.43. The van der Waals surface area contributed by atoms with Gasteiger partial charge in [-0.1, -0.05) is 23.9 Å². The molecule has 9 heteroatoms. The van der Waals surface area contributed by atoms with Gasteiger partial charge in [0.2, 0.25) is 0 Å². The Morgan fingerprint density at radius 2 is 1.85 bits per heavy atom. The highest BCUT2D eigenvalue weighted by Gasteiger charge is 2.32. The summed E-state index contributed by atoms with van der Waals surface area (Å²) < 4.78 is 53.6. The average molecular weight is 382 g/mol. The van der Waals surface area contributed by atoms with Gasteiger partial charge in [-0.25, -0.2) is 4.39 Å². The topological polar surface area (TPSA) is 43.6 Å². The fourth-order valence-electron chi connectivity index (χ4n) is 2.40. The molecule has 3 rings (SSSR count). The molecule has 3 aromatic rings. The lowest BCUT2D eigenvalue weighted by Crippen LogP contribution is -2.19. The summed E-state index contributed by atoms with van der Waals surface area (Å²) in [5, 5.41) is 7.67. The van der Waals surface area contributed by atoms with Crippen molar-refractivity contribution in [3.8, 4) is 11.4 Å². The molecule has 0 saturated heterocycles. The number of hydrogen-bond acceptors (Lipinski definition) is 4. The molecule has 1 aromatic carbocycles. The summed E-state index contributed by atoms with van der Waals surface area (Å²) >= 11 is 1.10. The van der Waals surface area contributed by atoms with E-state index < -0.39 is 18.5 Å². The van der Waals surface area contributed by atoms with Crippen molar-refractivity contribution < 1.29 is 17.6 Å². The molecule has 0 saturated carbocycles. The van der Waals surface area contributed by atoms with E-state index in [1.165, 1.54) is 24.5 Å². The Hall–Kier alpha value is -2.42. The van der Waals surface area contributed by atoms with Crippen LogP contribution in [0.3, 0.4) is 0 Å². The summed E-state index contributed by atoms with van der Waals surface area (Å²) in [7, 11) is 0. The lowest BCUT2D eigenvalue weighted by molar-refractivity contribution is -0.141. The van der Waals surface area contributed by atoms with Gasteiger partial charge in [0.25, 0.3) is 0 Å². The minimum Gasteiger partial charge on any atom is -0.293 e. The molecule has 0 aliphatic heterocycles. The molecule has 0 aliphatic rings. The number of alkyl halides is 3. The quantitative estimate of drug-likeness (QED) is 0.465. The Balaban J connectivity index is 1.95. The standard InChI is InChI=1S/C17H14F4N4S/c1-11(13-3-2-4-14(18)9-13)26-16-24-23-15(12-5-7-22-8-6-12)25(16)10-17(19,20)21/h2-9,11H,10H2,1H3. The fourth-order valence-corrected chi connectivity index (χ4v) is 3.36. The van der Waals surface area contributed by atoms with E-state index in [2.05, 4.69) is 15.2 Å². The second kappa shape index (κ2) is 7.45. The van der Waals surface area contributed by atoms with Gasteiger partial charge in [-0.3, -0.25) is 9.55 Å². The van der Waals surface area contributed by atoms with E-state index in [9.17, 15) is 17.6 Å². The van der Waals surface area contributed by atoms with E-state index in [0.29, 0.717) is 11.1 Å². The first-order valence-corrected chi connectivity index (χ1v) is 8.54. The van der Waals surface area contributed by atoms with Crippen LogP contribution in [0.4, 0.5) is 17.6 Å². The van der Waals surface area contributed by atoms with Gasteiger partial charge in [-0.2, -0.15) is 13.2 Å². The number of hydrogen-bond donors (Lipinski definition) is 0. The molecule has 136 valence electrons. The highest BCUT2D eigenvalue weighted by Crippen LogP contribution is 2.36. The van der Waals surface area contributed by atoms with Crippen LogP contribution in [0.5, 0.6) is 0 Å².